The number of nitrogens with one attached hydrogen (secondary N) is 1. The summed E-state index contributed by atoms with van der Waals surface area (Å²) in [7, 11) is 0. The van der Waals surface area contributed by atoms with Gasteiger partial charge in [-0.3, -0.25) is 0 Å². The lowest BCUT2D eigenvalue weighted by atomic mass is 10.1. The fourth-order valence-corrected chi connectivity index (χ4v) is 1.71. The van der Waals surface area contributed by atoms with Crippen LogP contribution in [0.4, 0.5) is 0 Å². The van der Waals surface area contributed by atoms with Crippen LogP contribution in [0.25, 0.3) is 0 Å². The van der Waals surface area contributed by atoms with Crippen molar-refractivity contribution in [2.75, 3.05) is 6.54 Å². The zero-order chi connectivity index (χ0) is 12.7. The number of hydrogen-bond donors (Lipinski definition) is 2. The van der Waals surface area contributed by atoms with Gasteiger partial charge in [0.1, 0.15) is 0 Å². The van der Waals surface area contributed by atoms with E-state index in [2.05, 4.69) is 25.2 Å². The highest BCUT2D eigenvalue weighted by atomic mass is 16.3. The molecule has 0 bridgehead atoms. The van der Waals surface area contributed by atoms with E-state index < -0.39 is 0 Å². The van der Waals surface area contributed by atoms with Crippen LogP contribution in [-0.4, -0.2) is 17.8 Å². The molecule has 1 aromatic carbocycles. The first-order valence-corrected chi connectivity index (χ1v) is 6.09. The minimum Gasteiger partial charge on any atom is -0.392 e. The predicted octanol–water partition coefficient (Wildman–Crippen LogP) is 2.37. The monoisotopic (exact) mass is 232 g/mol. The second-order valence-electron chi connectivity index (χ2n) is 4.31. The van der Waals surface area contributed by atoms with Gasteiger partial charge >= 0.3 is 0 Å². The highest BCUT2D eigenvalue weighted by molar-refractivity contribution is 5.32. The first-order chi connectivity index (χ1) is 8.17. The number of rotatable bonds is 6. The van der Waals surface area contributed by atoms with Gasteiger partial charge in [-0.2, -0.15) is 5.26 Å². The number of nitrogens with zero attached hydrogens (tertiary/aromatic N) is 1. The number of benzene rings is 1. The smallest absolute Gasteiger partial charge is 0.0991 e. The first-order valence-electron chi connectivity index (χ1n) is 6.09. The molecule has 0 heterocycles. The number of nitriles is 1. The molecule has 3 heteroatoms. The average Bonchev–Trinajstić information content (AvgIpc) is 2.36. The summed E-state index contributed by atoms with van der Waals surface area (Å²) in [5.74, 6) is 0. The van der Waals surface area contributed by atoms with Gasteiger partial charge in [-0.25, -0.2) is 0 Å². The van der Waals surface area contributed by atoms with Crippen molar-refractivity contribution in [3.05, 3.63) is 35.4 Å². The summed E-state index contributed by atoms with van der Waals surface area (Å²) >= 11 is 0. The Bertz CT molecular complexity index is 367. The van der Waals surface area contributed by atoms with E-state index in [0.29, 0.717) is 12.1 Å². The lowest BCUT2D eigenvalue weighted by Gasteiger charge is -2.17. The van der Waals surface area contributed by atoms with Crippen molar-refractivity contribution in [3.63, 3.8) is 0 Å². The lowest BCUT2D eigenvalue weighted by molar-refractivity contribution is 0.157. The van der Waals surface area contributed by atoms with Crippen LogP contribution in [0.5, 0.6) is 0 Å². The van der Waals surface area contributed by atoms with Crippen molar-refractivity contribution in [1.29, 1.82) is 5.26 Å². The maximum absolute atomic E-state index is 9.62. The van der Waals surface area contributed by atoms with E-state index in [1.165, 1.54) is 0 Å². The Morgan fingerprint density at radius 1 is 1.35 bits per heavy atom. The fraction of sp³-hybridized carbons (Fsp3) is 0.500. The number of hydrogen-bond acceptors (Lipinski definition) is 3. The van der Waals surface area contributed by atoms with Gasteiger partial charge in [-0.1, -0.05) is 25.5 Å². The molecule has 0 saturated heterocycles. The van der Waals surface area contributed by atoms with E-state index in [4.69, 9.17) is 5.26 Å². The zero-order valence-corrected chi connectivity index (χ0v) is 10.5. The van der Waals surface area contributed by atoms with Crippen molar-refractivity contribution < 1.29 is 5.11 Å². The van der Waals surface area contributed by atoms with Gasteiger partial charge in [0.25, 0.3) is 0 Å². The van der Waals surface area contributed by atoms with E-state index in [1.807, 2.05) is 24.3 Å². The highest BCUT2D eigenvalue weighted by Crippen LogP contribution is 2.13. The van der Waals surface area contributed by atoms with Crippen LogP contribution in [0.2, 0.25) is 0 Å². The molecular formula is C14H20N2O. The fourth-order valence-electron chi connectivity index (χ4n) is 1.71. The Hall–Kier alpha value is -1.37. The third-order valence-corrected chi connectivity index (χ3v) is 2.82. The molecule has 0 aromatic heterocycles. The molecule has 17 heavy (non-hydrogen) atoms. The third-order valence-electron chi connectivity index (χ3n) is 2.82. The SMILES string of the molecule is CCCC(O)CNC(C)c1ccc(C#N)cc1. The zero-order valence-electron chi connectivity index (χ0n) is 10.5. The summed E-state index contributed by atoms with van der Waals surface area (Å²) in [6.45, 7) is 4.72. The van der Waals surface area contributed by atoms with Gasteiger partial charge in [-0.05, 0) is 31.0 Å². The van der Waals surface area contributed by atoms with Crippen molar-refractivity contribution >= 4 is 0 Å². The minimum absolute atomic E-state index is 0.189. The van der Waals surface area contributed by atoms with E-state index >= 15 is 0 Å². The molecule has 92 valence electrons. The third kappa shape index (κ3) is 4.56. The molecule has 2 N–H and O–H groups in total. The molecule has 0 saturated carbocycles. The van der Waals surface area contributed by atoms with E-state index in [1.54, 1.807) is 0 Å². The summed E-state index contributed by atoms with van der Waals surface area (Å²) in [5.41, 5.74) is 1.81. The van der Waals surface area contributed by atoms with Gasteiger partial charge in [0.15, 0.2) is 0 Å². The average molecular weight is 232 g/mol. The Kier molecular flexibility index (Phi) is 5.68. The summed E-state index contributed by atoms with van der Waals surface area (Å²) in [4.78, 5) is 0. The molecule has 1 rings (SSSR count). The second-order valence-corrected chi connectivity index (χ2v) is 4.31. The van der Waals surface area contributed by atoms with Crippen LogP contribution in [0.15, 0.2) is 24.3 Å². The van der Waals surface area contributed by atoms with E-state index in [9.17, 15) is 5.11 Å². The van der Waals surface area contributed by atoms with Crippen LogP contribution in [0.3, 0.4) is 0 Å². The maximum Gasteiger partial charge on any atom is 0.0991 e. The van der Waals surface area contributed by atoms with Gasteiger partial charge < -0.3 is 10.4 Å². The molecule has 0 aliphatic rings. The number of aliphatic hydroxyl groups is 1. The minimum atomic E-state index is -0.277. The van der Waals surface area contributed by atoms with Crippen molar-refractivity contribution in [3.8, 4) is 6.07 Å². The molecule has 2 atom stereocenters. The van der Waals surface area contributed by atoms with Crippen molar-refractivity contribution in [2.45, 2.75) is 38.8 Å². The summed E-state index contributed by atoms with van der Waals surface area (Å²) in [5, 5.41) is 21.6. The van der Waals surface area contributed by atoms with Gasteiger partial charge in [-0.15, -0.1) is 0 Å². The molecule has 0 fully saturated rings. The Balaban J connectivity index is 2.46. The van der Waals surface area contributed by atoms with Crippen molar-refractivity contribution in [2.24, 2.45) is 0 Å². The van der Waals surface area contributed by atoms with Crippen LogP contribution >= 0.6 is 0 Å². The molecule has 0 aliphatic carbocycles. The second kappa shape index (κ2) is 7.05. The van der Waals surface area contributed by atoms with Crippen LogP contribution in [0.1, 0.15) is 43.9 Å². The molecule has 2 unspecified atom stereocenters. The quantitative estimate of drug-likeness (QED) is 0.791. The van der Waals surface area contributed by atoms with Crippen LogP contribution in [-0.2, 0) is 0 Å². The summed E-state index contributed by atoms with van der Waals surface area (Å²) < 4.78 is 0. The standard InChI is InChI=1S/C14H20N2O/c1-3-4-14(17)10-16-11(2)13-7-5-12(9-15)6-8-13/h5-8,11,14,16-17H,3-4,10H2,1-2H3. The van der Waals surface area contributed by atoms with Gasteiger partial charge in [0.05, 0.1) is 17.7 Å². The van der Waals surface area contributed by atoms with E-state index in [0.717, 1.165) is 18.4 Å². The summed E-state index contributed by atoms with van der Waals surface area (Å²) in [6.07, 6.45) is 1.54. The molecule has 0 spiro atoms. The normalized spacial score (nSPS) is 14.0. The summed E-state index contributed by atoms with van der Waals surface area (Å²) in [6, 6.07) is 9.81. The lowest BCUT2D eigenvalue weighted by Crippen LogP contribution is -2.28. The maximum atomic E-state index is 9.62. The highest BCUT2D eigenvalue weighted by Gasteiger charge is 2.07. The largest absolute Gasteiger partial charge is 0.392 e. The Morgan fingerprint density at radius 3 is 2.53 bits per heavy atom. The molecular weight excluding hydrogens is 212 g/mol. The Labute approximate surface area is 103 Å². The first kappa shape index (κ1) is 13.7. The Morgan fingerprint density at radius 2 is 2.00 bits per heavy atom. The van der Waals surface area contributed by atoms with Gasteiger partial charge in [0, 0.05) is 12.6 Å². The molecule has 0 radical (unpaired) electrons. The molecule has 1 aromatic rings. The van der Waals surface area contributed by atoms with Crippen LogP contribution < -0.4 is 5.32 Å². The van der Waals surface area contributed by atoms with Crippen molar-refractivity contribution in [1.82, 2.24) is 5.32 Å². The number of aliphatic hydroxyl groups excluding tert-OH is 1. The van der Waals surface area contributed by atoms with Gasteiger partial charge in [0.2, 0.25) is 0 Å². The molecule has 0 amide bonds. The topological polar surface area (TPSA) is 56.0 Å². The predicted molar refractivity (Wildman–Crippen MR) is 68.5 cm³/mol. The van der Waals surface area contributed by atoms with E-state index in [-0.39, 0.29) is 12.1 Å². The molecule has 0 aliphatic heterocycles. The molecule has 3 nitrogen and oxygen atoms in total. The van der Waals surface area contributed by atoms with Crippen LogP contribution in [0, 0.1) is 11.3 Å².